The first-order chi connectivity index (χ1) is 8.67. The second kappa shape index (κ2) is 4.82. The number of nitrogen functional groups attached to an aromatic ring is 1. The number of nitrogens with one attached hydrogen (secondary N) is 1. The van der Waals surface area contributed by atoms with Gasteiger partial charge in [0.1, 0.15) is 5.02 Å². The summed E-state index contributed by atoms with van der Waals surface area (Å²) in [6.45, 7) is 9.27. The topological polar surface area (TPSA) is 63.8 Å². The lowest BCUT2D eigenvalue weighted by Crippen LogP contribution is -2.40. The average molecular weight is 283 g/mol. The van der Waals surface area contributed by atoms with E-state index < -0.39 is 0 Å². The molecule has 0 radical (unpaired) electrons. The molecule has 1 heterocycles. The lowest BCUT2D eigenvalue weighted by atomic mass is 9.63. The lowest BCUT2D eigenvalue weighted by Gasteiger charge is -2.45. The van der Waals surface area contributed by atoms with Gasteiger partial charge in [0.15, 0.2) is 5.82 Å². The van der Waals surface area contributed by atoms with Crippen molar-refractivity contribution in [3.8, 4) is 0 Å². The van der Waals surface area contributed by atoms with Crippen LogP contribution in [-0.2, 0) is 0 Å². The predicted molar refractivity (Wildman–Crippen MR) is 80.3 cm³/mol. The smallest absolute Gasteiger partial charge is 0.222 e. The van der Waals surface area contributed by atoms with Gasteiger partial charge in [-0.15, -0.1) is 0 Å². The summed E-state index contributed by atoms with van der Waals surface area (Å²) in [5, 5.41) is 3.96. The number of hydrogen-bond acceptors (Lipinski definition) is 4. The number of halogens is 1. The Hall–Kier alpha value is -1.03. The second-order valence-electron chi connectivity index (χ2n) is 7.18. The highest BCUT2D eigenvalue weighted by atomic mass is 35.5. The summed E-state index contributed by atoms with van der Waals surface area (Å²) >= 11 is 6.11. The molecule has 1 fully saturated rings. The molecule has 106 valence electrons. The summed E-state index contributed by atoms with van der Waals surface area (Å²) in [7, 11) is 0. The molecular formula is C14H23ClN4. The van der Waals surface area contributed by atoms with Crippen molar-refractivity contribution in [3.63, 3.8) is 0 Å². The molecule has 5 heteroatoms. The molecule has 0 bridgehead atoms. The third-order valence-corrected chi connectivity index (χ3v) is 3.94. The van der Waals surface area contributed by atoms with Crippen molar-refractivity contribution >= 4 is 23.4 Å². The van der Waals surface area contributed by atoms with Crippen molar-refractivity contribution in [2.24, 2.45) is 10.8 Å². The Kier molecular flexibility index (Phi) is 3.65. The van der Waals surface area contributed by atoms with Gasteiger partial charge >= 0.3 is 0 Å². The number of nitrogens with two attached hydrogens (primary N) is 1. The minimum absolute atomic E-state index is 0.251. The van der Waals surface area contributed by atoms with Crippen molar-refractivity contribution in [2.75, 3.05) is 11.1 Å². The zero-order valence-electron chi connectivity index (χ0n) is 12.1. The van der Waals surface area contributed by atoms with Crippen molar-refractivity contribution in [1.29, 1.82) is 0 Å². The molecule has 0 aromatic carbocycles. The molecule has 19 heavy (non-hydrogen) atoms. The third-order valence-electron chi connectivity index (χ3n) is 3.66. The zero-order valence-corrected chi connectivity index (χ0v) is 12.9. The van der Waals surface area contributed by atoms with Crippen LogP contribution in [0.5, 0.6) is 0 Å². The van der Waals surface area contributed by atoms with Crippen LogP contribution in [0.3, 0.4) is 0 Å². The van der Waals surface area contributed by atoms with E-state index in [9.17, 15) is 0 Å². The quantitative estimate of drug-likeness (QED) is 0.867. The fourth-order valence-electron chi connectivity index (χ4n) is 3.62. The number of rotatable bonds is 2. The summed E-state index contributed by atoms with van der Waals surface area (Å²) < 4.78 is 0. The van der Waals surface area contributed by atoms with E-state index in [-0.39, 0.29) is 5.95 Å². The number of hydrogen-bond donors (Lipinski definition) is 2. The Morgan fingerprint density at radius 3 is 2.42 bits per heavy atom. The van der Waals surface area contributed by atoms with E-state index in [1.54, 1.807) is 6.20 Å². The molecule has 0 saturated heterocycles. The van der Waals surface area contributed by atoms with Gasteiger partial charge < -0.3 is 11.1 Å². The summed E-state index contributed by atoms with van der Waals surface area (Å²) in [5.74, 6) is 0.897. The largest absolute Gasteiger partial charge is 0.368 e. The Labute approximate surface area is 120 Å². The molecule has 0 atom stereocenters. The Balaban J connectivity index is 2.16. The first kappa shape index (κ1) is 14.4. The molecule has 1 aliphatic rings. The van der Waals surface area contributed by atoms with Crippen LogP contribution in [0.2, 0.25) is 5.02 Å². The summed E-state index contributed by atoms with van der Waals surface area (Å²) in [6.07, 6.45) is 5.00. The third kappa shape index (κ3) is 3.72. The van der Waals surface area contributed by atoms with Crippen LogP contribution in [0, 0.1) is 10.8 Å². The normalized spacial score (nSPS) is 22.2. The molecule has 1 aliphatic carbocycles. The minimum Gasteiger partial charge on any atom is -0.368 e. The van der Waals surface area contributed by atoms with E-state index in [0.717, 1.165) is 12.8 Å². The second-order valence-corrected chi connectivity index (χ2v) is 7.59. The fourth-order valence-corrected chi connectivity index (χ4v) is 3.77. The molecule has 0 amide bonds. The summed E-state index contributed by atoms with van der Waals surface area (Å²) in [5.41, 5.74) is 6.27. The van der Waals surface area contributed by atoms with Crippen LogP contribution in [0.15, 0.2) is 6.20 Å². The molecule has 1 aromatic heterocycles. The lowest BCUT2D eigenvalue weighted by molar-refractivity contribution is 0.105. The molecule has 1 aromatic rings. The van der Waals surface area contributed by atoms with Crippen LogP contribution in [0.25, 0.3) is 0 Å². The maximum atomic E-state index is 6.11. The maximum Gasteiger partial charge on any atom is 0.222 e. The first-order valence-electron chi connectivity index (χ1n) is 6.71. The van der Waals surface area contributed by atoms with Crippen LogP contribution in [0.1, 0.15) is 47.0 Å². The van der Waals surface area contributed by atoms with Crippen LogP contribution < -0.4 is 11.1 Å². The first-order valence-corrected chi connectivity index (χ1v) is 7.09. The van der Waals surface area contributed by atoms with E-state index in [1.165, 1.54) is 6.42 Å². The van der Waals surface area contributed by atoms with Gasteiger partial charge in [-0.1, -0.05) is 39.3 Å². The van der Waals surface area contributed by atoms with E-state index in [2.05, 4.69) is 43.0 Å². The number of nitrogens with zero attached hydrogens (tertiary/aromatic N) is 2. The standard InChI is InChI=1S/C14H23ClN4/c1-13(2)5-9(6-14(3,4)8-13)18-11-10(15)7-17-12(16)19-11/h7,9H,5-6,8H2,1-4H3,(H3,16,17,18,19). The molecule has 0 aliphatic heterocycles. The van der Waals surface area contributed by atoms with E-state index in [4.69, 9.17) is 17.3 Å². The van der Waals surface area contributed by atoms with Crippen molar-refractivity contribution in [2.45, 2.75) is 53.0 Å². The van der Waals surface area contributed by atoms with Crippen molar-refractivity contribution < 1.29 is 0 Å². The zero-order chi connectivity index (χ0) is 14.3. The molecule has 3 N–H and O–H groups in total. The number of aromatic nitrogens is 2. The Morgan fingerprint density at radius 1 is 1.26 bits per heavy atom. The summed E-state index contributed by atoms with van der Waals surface area (Å²) in [6, 6.07) is 0.366. The molecule has 2 rings (SSSR count). The van der Waals surface area contributed by atoms with Crippen LogP contribution in [-0.4, -0.2) is 16.0 Å². The molecule has 0 spiro atoms. The van der Waals surface area contributed by atoms with Gasteiger partial charge in [-0.3, -0.25) is 0 Å². The maximum absolute atomic E-state index is 6.11. The molecular weight excluding hydrogens is 260 g/mol. The van der Waals surface area contributed by atoms with E-state index >= 15 is 0 Å². The van der Waals surface area contributed by atoms with Crippen molar-refractivity contribution in [1.82, 2.24) is 9.97 Å². The molecule has 1 saturated carbocycles. The highest BCUT2D eigenvalue weighted by Gasteiger charge is 2.38. The molecule has 4 nitrogen and oxygen atoms in total. The van der Waals surface area contributed by atoms with Gasteiger partial charge in [0.25, 0.3) is 0 Å². The molecule has 0 unspecified atom stereocenters. The van der Waals surface area contributed by atoms with Crippen LogP contribution >= 0.6 is 11.6 Å². The van der Waals surface area contributed by atoms with Gasteiger partial charge in [0, 0.05) is 6.04 Å². The predicted octanol–water partition coefficient (Wildman–Crippen LogP) is 3.73. The monoisotopic (exact) mass is 282 g/mol. The Morgan fingerprint density at radius 2 is 1.84 bits per heavy atom. The summed E-state index contributed by atoms with van der Waals surface area (Å²) in [4.78, 5) is 8.07. The van der Waals surface area contributed by atoms with Crippen LogP contribution in [0.4, 0.5) is 11.8 Å². The number of anilines is 2. The van der Waals surface area contributed by atoms with Gasteiger partial charge in [0.05, 0.1) is 6.20 Å². The van der Waals surface area contributed by atoms with E-state index in [0.29, 0.717) is 27.7 Å². The fraction of sp³-hybridized carbons (Fsp3) is 0.714. The highest BCUT2D eigenvalue weighted by molar-refractivity contribution is 6.32. The van der Waals surface area contributed by atoms with E-state index in [1.807, 2.05) is 0 Å². The van der Waals surface area contributed by atoms with Gasteiger partial charge in [0.2, 0.25) is 5.95 Å². The average Bonchev–Trinajstić information content (AvgIpc) is 2.18. The SMILES string of the molecule is CC1(C)CC(Nc2nc(N)ncc2Cl)CC(C)(C)C1. The Bertz CT molecular complexity index is 455. The minimum atomic E-state index is 0.251. The highest BCUT2D eigenvalue weighted by Crippen LogP contribution is 2.46. The van der Waals surface area contributed by atoms with Gasteiger partial charge in [-0.25, -0.2) is 4.98 Å². The van der Waals surface area contributed by atoms with Gasteiger partial charge in [-0.05, 0) is 30.1 Å². The van der Waals surface area contributed by atoms with Gasteiger partial charge in [-0.2, -0.15) is 4.98 Å². The van der Waals surface area contributed by atoms with Crippen molar-refractivity contribution in [3.05, 3.63) is 11.2 Å².